The Balaban J connectivity index is 1.43. The standard InChI is InChI=1S/C25H37N/c1-2-23-13-20-14-24(16-23,19-26-22-11-7-4-8-12-22)18-25(15-20,17-23)21-9-5-3-6-10-21/h3,5-6,9-10,20,22,26H,2,4,7-8,11-19H2,1H3. The molecule has 26 heavy (non-hydrogen) atoms. The molecular formula is C25H37N. The van der Waals surface area contributed by atoms with Crippen molar-refractivity contribution in [1.29, 1.82) is 0 Å². The van der Waals surface area contributed by atoms with Crippen molar-refractivity contribution in [2.45, 2.75) is 95.4 Å². The molecule has 4 bridgehead atoms. The van der Waals surface area contributed by atoms with E-state index in [1.165, 1.54) is 83.6 Å². The van der Waals surface area contributed by atoms with Gasteiger partial charge < -0.3 is 5.32 Å². The van der Waals surface area contributed by atoms with Gasteiger partial charge in [0, 0.05) is 12.6 Å². The Morgan fingerprint density at radius 2 is 1.62 bits per heavy atom. The molecule has 5 fully saturated rings. The molecule has 5 saturated carbocycles. The minimum atomic E-state index is 0.477. The van der Waals surface area contributed by atoms with Gasteiger partial charge in [0.2, 0.25) is 0 Å². The fourth-order valence-electron chi connectivity index (χ4n) is 8.22. The Labute approximate surface area is 160 Å². The summed E-state index contributed by atoms with van der Waals surface area (Å²) < 4.78 is 0. The smallest absolute Gasteiger partial charge is 0.00672 e. The molecule has 4 atom stereocenters. The zero-order valence-electron chi connectivity index (χ0n) is 16.7. The van der Waals surface area contributed by atoms with Crippen molar-refractivity contribution in [2.75, 3.05) is 6.54 Å². The van der Waals surface area contributed by atoms with E-state index in [1.807, 2.05) is 0 Å². The summed E-state index contributed by atoms with van der Waals surface area (Å²) in [4.78, 5) is 0. The van der Waals surface area contributed by atoms with E-state index < -0.39 is 0 Å². The summed E-state index contributed by atoms with van der Waals surface area (Å²) in [6, 6.07) is 12.4. The third-order valence-corrected chi connectivity index (χ3v) is 8.81. The van der Waals surface area contributed by atoms with Crippen molar-refractivity contribution in [3.05, 3.63) is 35.9 Å². The van der Waals surface area contributed by atoms with Crippen LogP contribution in [0.4, 0.5) is 0 Å². The summed E-state index contributed by atoms with van der Waals surface area (Å²) in [5, 5.41) is 4.09. The van der Waals surface area contributed by atoms with Crippen LogP contribution in [-0.2, 0) is 5.41 Å². The van der Waals surface area contributed by atoms with Crippen LogP contribution in [0.3, 0.4) is 0 Å². The molecule has 1 nitrogen and oxygen atoms in total. The Hall–Kier alpha value is -0.820. The Morgan fingerprint density at radius 1 is 0.885 bits per heavy atom. The molecule has 5 aliphatic carbocycles. The molecule has 0 spiro atoms. The van der Waals surface area contributed by atoms with Gasteiger partial charge in [0.1, 0.15) is 0 Å². The first kappa shape index (κ1) is 17.3. The lowest BCUT2D eigenvalue weighted by molar-refractivity contribution is -0.127. The normalized spacial score (nSPS) is 42.3. The highest BCUT2D eigenvalue weighted by Gasteiger charge is 2.62. The van der Waals surface area contributed by atoms with Crippen molar-refractivity contribution in [3.63, 3.8) is 0 Å². The highest BCUT2D eigenvalue weighted by molar-refractivity contribution is 5.32. The maximum absolute atomic E-state index is 4.09. The number of nitrogens with one attached hydrogen (secondary N) is 1. The molecule has 0 amide bonds. The van der Waals surface area contributed by atoms with Crippen LogP contribution < -0.4 is 5.32 Å². The Kier molecular flexibility index (Phi) is 4.23. The molecular weight excluding hydrogens is 314 g/mol. The number of rotatable bonds is 5. The quantitative estimate of drug-likeness (QED) is 0.663. The summed E-state index contributed by atoms with van der Waals surface area (Å²) in [7, 11) is 0. The van der Waals surface area contributed by atoms with E-state index >= 15 is 0 Å². The van der Waals surface area contributed by atoms with Gasteiger partial charge in [0.25, 0.3) is 0 Å². The number of hydrogen-bond donors (Lipinski definition) is 1. The third-order valence-electron chi connectivity index (χ3n) is 8.81. The van der Waals surface area contributed by atoms with Gasteiger partial charge in [0.05, 0.1) is 0 Å². The molecule has 0 aliphatic heterocycles. The largest absolute Gasteiger partial charge is 0.313 e. The highest BCUT2D eigenvalue weighted by Crippen LogP contribution is 2.70. The molecule has 1 N–H and O–H groups in total. The van der Waals surface area contributed by atoms with Crippen LogP contribution in [-0.4, -0.2) is 12.6 Å². The lowest BCUT2D eigenvalue weighted by Crippen LogP contribution is -2.61. The van der Waals surface area contributed by atoms with Gasteiger partial charge in [-0.05, 0) is 79.1 Å². The maximum atomic E-state index is 4.09. The SMILES string of the molecule is CCC12CC3CC(CNC4CCCCC4)(C1)CC(c1ccccc1)(C3)C2. The average molecular weight is 352 g/mol. The summed E-state index contributed by atoms with van der Waals surface area (Å²) in [5.41, 5.74) is 3.33. The van der Waals surface area contributed by atoms with Crippen LogP contribution in [0, 0.1) is 16.7 Å². The first-order valence-electron chi connectivity index (χ1n) is 11.4. The van der Waals surface area contributed by atoms with Crippen molar-refractivity contribution >= 4 is 0 Å². The second-order valence-electron chi connectivity index (χ2n) is 10.7. The summed E-state index contributed by atoms with van der Waals surface area (Å²) in [5.74, 6) is 0.972. The fourth-order valence-corrected chi connectivity index (χ4v) is 8.22. The zero-order chi connectivity index (χ0) is 17.7. The molecule has 1 heteroatoms. The molecule has 1 aromatic carbocycles. The molecule has 6 rings (SSSR count). The van der Waals surface area contributed by atoms with E-state index in [2.05, 4.69) is 42.6 Å². The maximum Gasteiger partial charge on any atom is 0.00672 e. The fraction of sp³-hybridized carbons (Fsp3) is 0.760. The van der Waals surface area contributed by atoms with Crippen molar-refractivity contribution in [1.82, 2.24) is 5.32 Å². The molecule has 0 radical (unpaired) electrons. The van der Waals surface area contributed by atoms with Crippen LogP contribution in [0.1, 0.15) is 89.5 Å². The lowest BCUT2D eigenvalue weighted by atomic mass is 9.38. The third kappa shape index (κ3) is 2.86. The Morgan fingerprint density at radius 3 is 2.38 bits per heavy atom. The summed E-state index contributed by atoms with van der Waals surface area (Å²) in [6.45, 7) is 3.78. The molecule has 4 unspecified atom stereocenters. The molecule has 0 aromatic heterocycles. The van der Waals surface area contributed by atoms with E-state index in [0.717, 1.165) is 12.0 Å². The second-order valence-corrected chi connectivity index (χ2v) is 10.7. The molecule has 5 aliphatic rings. The monoisotopic (exact) mass is 351 g/mol. The first-order valence-corrected chi connectivity index (χ1v) is 11.4. The zero-order valence-corrected chi connectivity index (χ0v) is 16.7. The first-order chi connectivity index (χ1) is 12.7. The van der Waals surface area contributed by atoms with Crippen LogP contribution in [0.25, 0.3) is 0 Å². The Bertz CT molecular complexity index is 633. The predicted molar refractivity (Wildman–Crippen MR) is 109 cm³/mol. The number of benzene rings is 1. The van der Waals surface area contributed by atoms with Gasteiger partial charge in [0.15, 0.2) is 0 Å². The van der Waals surface area contributed by atoms with Crippen molar-refractivity contribution < 1.29 is 0 Å². The van der Waals surface area contributed by atoms with Crippen LogP contribution in [0.2, 0.25) is 0 Å². The van der Waals surface area contributed by atoms with Gasteiger partial charge in [-0.2, -0.15) is 0 Å². The van der Waals surface area contributed by atoms with Crippen molar-refractivity contribution in [3.8, 4) is 0 Å². The van der Waals surface area contributed by atoms with Crippen LogP contribution in [0.15, 0.2) is 30.3 Å². The topological polar surface area (TPSA) is 12.0 Å². The van der Waals surface area contributed by atoms with E-state index in [-0.39, 0.29) is 0 Å². The van der Waals surface area contributed by atoms with E-state index in [1.54, 1.807) is 5.56 Å². The van der Waals surface area contributed by atoms with Gasteiger partial charge in [-0.25, -0.2) is 0 Å². The highest BCUT2D eigenvalue weighted by atomic mass is 14.9. The van der Waals surface area contributed by atoms with Gasteiger partial charge in [-0.3, -0.25) is 0 Å². The lowest BCUT2D eigenvalue weighted by Gasteiger charge is -2.67. The molecule has 0 saturated heterocycles. The van der Waals surface area contributed by atoms with Gasteiger partial charge >= 0.3 is 0 Å². The van der Waals surface area contributed by atoms with Gasteiger partial charge in [-0.15, -0.1) is 0 Å². The molecule has 142 valence electrons. The molecule has 0 heterocycles. The minimum absolute atomic E-state index is 0.477. The van der Waals surface area contributed by atoms with E-state index in [9.17, 15) is 0 Å². The summed E-state index contributed by atoms with van der Waals surface area (Å²) >= 11 is 0. The van der Waals surface area contributed by atoms with Crippen molar-refractivity contribution in [2.24, 2.45) is 16.7 Å². The predicted octanol–water partition coefficient (Wildman–Crippen LogP) is 6.23. The molecule has 1 aromatic rings. The minimum Gasteiger partial charge on any atom is -0.313 e. The van der Waals surface area contributed by atoms with Crippen LogP contribution >= 0.6 is 0 Å². The number of hydrogen-bond acceptors (Lipinski definition) is 1. The average Bonchev–Trinajstić information content (AvgIpc) is 2.67. The summed E-state index contributed by atoms with van der Waals surface area (Å²) in [6.07, 6.45) is 17.5. The second kappa shape index (κ2) is 6.36. The van der Waals surface area contributed by atoms with Crippen LogP contribution in [0.5, 0.6) is 0 Å². The van der Waals surface area contributed by atoms with E-state index in [0.29, 0.717) is 16.2 Å². The van der Waals surface area contributed by atoms with E-state index in [4.69, 9.17) is 0 Å². The van der Waals surface area contributed by atoms with Gasteiger partial charge in [-0.1, -0.05) is 62.9 Å².